The van der Waals surface area contributed by atoms with Gasteiger partial charge in [0.2, 0.25) is 17.7 Å². The normalized spacial score (nSPS) is 20.0. The van der Waals surface area contributed by atoms with E-state index < -0.39 is 73.2 Å². The van der Waals surface area contributed by atoms with Gasteiger partial charge in [0.1, 0.15) is 29.9 Å². The number of rotatable bonds is 14. The van der Waals surface area contributed by atoms with Gasteiger partial charge in [0, 0.05) is 18.7 Å². The van der Waals surface area contributed by atoms with Gasteiger partial charge in [0.25, 0.3) is 21.8 Å². The van der Waals surface area contributed by atoms with Crippen LogP contribution in [0.1, 0.15) is 125 Å². The standard InChI is InChI=1S/C42H60N6O8S3/c1-8-16-30(36(50)47-59(55,56)29-19-13-10-14-20-29)44-37(51)31-23-42(57-21-15-22-58-42)24-48(31)40(54)35(41(5,6)7)46-38(52)33(28-17-11-9-12-18-28)45-39(53)34-32(27(4)49)25(2)26(3)43-34/h10,13-14,19-20,28,30-31,33,35,43H,8-9,11-12,15-18,21-24H2,1-7H3,(H,44,51)(H,45,53)(H,46,52)(H,47,50)/t30-,31-,33-,35+/m0/s1. The van der Waals surface area contributed by atoms with Crippen molar-refractivity contribution in [2.75, 3.05) is 18.1 Å². The van der Waals surface area contributed by atoms with Crippen molar-refractivity contribution in [3.8, 4) is 0 Å². The van der Waals surface area contributed by atoms with E-state index in [1.54, 1.807) is 55.6 Å². The second-order valence-corrected chi connectivity index (χ2v) is 22.0. The highest BCUT2D eigenvalue weighted by atomic mass is 32.2. The number of hydrogen-bond acceptors (Lipinski definition) is 10. The summed E-state index contributed by atoms with van der Waals surface area (Å²) in [7, 11) is -4.21. The van der Waals surface area contributed by atoms with Crippen molar-refractivity contribution in [1.29, 1.82) is 0 Å². The SMILES string of the molecule is CCC[C@H](NC(=O)[C@@H]1CC2(CN1C(=O)[C@@H](NC(=O)[C@@H](NC(=O)c1[nH]c(C)c(C)c1C(C)=O)C1CCCCC1)C(C)(C)C)SCCCS2)C(=O)NS(=O)(=O)c1ccccc1. The molecule has 324 valence electrons. The van der Waals surface area contributed by atoms with E-state index in [4.69, 9.17) is 0 Å². The lowest BCUT2D eigenvalue weighted by atomic mass is 9.82. The molecule has 1 aliphatic carbocycles. The highest BCUT2D eigenvalue weighted by molar-refractivity contribution is 8.18. The molecule has 1 spiro atoms. The fourth-order valence-electron chi connectivity index (χ4n) is 8.27. The first kappa shape index (κ1) is 46.2. The largest absolute Gasteiger partial charge is 0.354 e. The molecule has 1 aromatic heterocycles. The van der Waals surface area contributed by atoms with Crippen LogP contribution in [-0.2, 0) is 29.2 Å². The van der Waals surface area contributed by atoms with Crippen molar-refractivity contribution in [2.24, 2.45) is 11.3 Å². The number of amides is 5. The molecule has 59 heavy (non-hydrogen) atoms. The van der Waals surface area contributed by atoms with Crippen molar-refractivity contribution in [1.82, 2.24) is 30.6 Å². The van der Waals surface area contributed by atoms with Crippen LogP contribution in [0.25, 0.3) is 0 Å². The van der Waals surface area contributed by atoms with Crippen molar-refractivity contribution in [3.05, 3.63) is 52.8 Å². The summed E-state index contributed by atoms with van der Waals surface area (Å²) in [5, 5.41) is 8.74. The van der Waals surface area contributed by atoms with Crippen molar-refractivity contribution >= 4 is 68.9 Å². The Morgan fingerprint density at radius 2 is 1.56 bits per heavy atom. The first-order valence-corrected chi connectivity index (χ1v) is 24.1. The van der Waals surface area contributed by atoms with Gasteiger partial charge in [-0.3, -0.25) is 28.8 Å². The number of nitrogens with one attached hydrogen (secondary N) is 5. The number of nitrogens with zero attached hydrogens (tertiary/aromatic N) is 1. The molecule has 0 unspecified atom stereocenters. The number of hydrogen-bond donors (Lipinski definition) is 5. The maximum atomic E-state index is 15.0. The summed E-state index contributed by atoms with van der Waals surface area (Å²) < 4.78 is 27.7. The van der Waals surface area contributed by atoms with Crippen LogP contribution in [0.3, 0.4) is 0 Å². The summed E-state index contributed by atoms with van der Waals surface area (Å²) in [4.78, 5) is 88.3. The Balaban J connectivity index is 1.41. The zero-order chi connectivity index (χ0) is 43.3. The van der Waals surface area contributed by atoms with Gasteiger partial charge in [-0.05, 0) is 87.0 Å². The number of sulfonamides is 1. The molecule has 2 aromatic rings. The molecule has 4 atom stereocenters. The van der Waals surface area contributed by atoms with Crippen LogP contribution in [0.2, 0.25) is 0 Å². The van der Waals surface area contributed by atoms with E-state index in [-0.39, 0.29) is 40.8 Å². The number of Topliss-reactive ketones (excluding diaryl/α,β-unsaturated/α-hetero) is 1. The minimum Gasteiger partial charge on any atom is -0.354 e. The number of carbonyl (C=O) groups excluding carboxylic acids is 6. The van der Waals surface area contributed by atoms with Gasteiger partial charge in [0.05, 0.1) is 14.5 Å². The Morgan fingerprint density at radius 1 is 0.915 bits per heavy atom. The van der Waals surface area contributed by atoms with Crippen molar-refractivity contribution in [2.45, 2.75) is 139 Å². The number of aromatic nitrogens is 1. The molecule has 14 nitrogen and oxygen atoms in total. The first-order valence-electron chi connectivity index (χ1n) is 20.6. The highest BCUT2D eigenvalue weighted by Crippen LogP contribution is 2.50. The van der Waals surface area contributed by atoms with Gasteiger partial charge in [-0.25, -0.2) is 13.1 Å². The number of thioether (sulfide) groups is 2. The lowest BCUT2D eigenvalue weighted by Gasteiger charge is -2.38. The zero-order valence-electron chi connectivity index (χ0n) is 35.2. The third-order valence-corrected chi connectivity index (χ3v) is 16.3. The second kappa shape index (κ2) is 19.3. The Kier molecular flexibility index (Phi) is 15.1. The van der Waals surface area contributed by atoms with E-state index >= 15 is 0 Å². The summed E-state index contributed by atoms with van der Waals surface area (Å²) >= 11 is 3.38. The monoisotopic (exact) mass is 872 g/mol. The van der Waals surface area contributed by atoms with E-state index in [0.29, 0.717) is 36.9 Å². The van der Waals surface area contributed by atoms with Gasteiger partial charge in [-0.1, -0.05) is 71.6 Å². The quantitative estimate of drug-likeness (QED) is 0.161. The molecular weight excluding hydrogens is 813 g/mol. The maximum Gasteiger partial charge on any atom is 0.269 e. The number of likely N-dealkylation sites (tertiary alicyclic amines) is 1. The Bertz CT molecular complexity index is 2000. The molecule has 3 aliphatic rings. The molecule has 1 saturated carbocycles. The van der Waals surface area contributed by atoms with E-state index in [9.17, 15) is 37.2 Å². The predicted molar refractivity (Wildman–Crippen MR) is 230 cm³/mol. The molecule has 3 heterocycles. The van der Waals surface area contributed by atoms with Crippen LogP contribution in [0, 0.1) is 25.2 Å². The number of aryl methyl sites for hydroxylation is 1. The third kappa shape index (κ3) is 10.9. The smallest absolute Gasteiger partial charge is 0.269 e. The van der Waals surface area contributed by atoms with Crippen LogP contribution < -0.4 is 20.7 Å². The van der Waals surface area contributed by atoms with E-state index in [1.807, 2.05) is 27.7 Å². The Morgan fingerprint density at radius 3 is 2.15 bits per heavy atom. The number of ketones is 1. The van der Waals surface area contributed by atoms with Crippen LogP contribution in [-0.4, -0.2) is 99.9 Å². The number of carbonyl (C=O) groups is 6. The van der Waals surface area contributed by atoms with E-state index in [1.165, 1.54) is 24.0 Å². The lowest BCUT2D eigenvalue weighted by molar-refractivity contribution is -0.144. The molecule has 3 fully saturated rings. The van der Waals surface area contributed by atoms with E-state index in [2.05, 4.69) is 25.7 Å². The number of H-pyrrole nitrogens is 1. The number of aromatic amines is 1. The molecule has 5 amide bonds. The summed E-state index contributed by atoms with van der Waals surface area (Å²) in [5.41, 5.74) is 0.856. The third-order valence-electron chi connectivity index (χ3n) is 11.6. The molecule has 0 radical (unpaired) electrons. The molecule has 2 saturated heterocycles. The molecule has 1 aromatic carbocycles. The average Bonchev–Trinajstić information content (AvgIpc) is 3.71. The van der Waals surface area contributed by atoms with Crippen LogP contribution in [0.15, 0.2) is 35.2 Å². The van der Waals surface area contributed by atoms with Gasteiger partial charge < -0.3 is 25.8 Å². The summed E-state index contributed by atoms with van der Waals surface area (Å²) in [6, 6.07) is 3.16. The summed E-state index contributed by atoms with van der Waals surface area (Å²) in [5.74, 6) is -1.85. The van der Waals surface area contributed by atoms with Crippen LogP contribution in [0.4, 0.5) is 0 Å². The van der Waals surface area contributed by atoms with Gasteiger partial charge in [-0.2, -0.15) is 0 Å². The first-order chi connectivity index (χ1) is 27.8. The molecule has 0 bridgehead atoms. The molecular formula is C42H60N6O8S3. The zero-order valence-corrected chi connectivity index (χ0v) is 37.6. The lowest BCUT2D eigenvalue weighted by Crippen LogP contribution is -2.62. The number of benzene rings is 1. The van der Waals surface area contributed by atoms with Gasteiger partial charge >= 0.3 is 0 Å². The molecule has 17 heteroatoms. The fourth-order valence-corrected chi connectivity index (χ4v) is 12.7. The maximum absolute atomic E-state index is 15.0. The van der Waals surface area contributed by atoms with Gasteiger partial charge in [0.15, 0.2) is 5.78 Å². The topological polar surface area (TPSA) is 204 Å². The average molecular weight is 873 g/mol. The Labute approximate surface area is 356 Å². The summed E-state index contributed by atoms with van der Waals surface area (Å²) in [6.45, 7) is 12.5. The highest BCUT2D eigenvalue weighted by Gasteiger charge is 2.53. The van der Waals surface area contributed by atoms with Gasteiger partial charge in [-0.15, -0.1) is 23.5 Å². The van der Waals surface area contributed by atoms with Crippen molar-refractivity contribution < 1.29 is 37.2 Å². The predicted octanol–water partition coefficient (Wildman–Crippen LogP) is 5.00. The minimum absolute atomic E-state index is 0.0911. The minimum atomic E-state index is -4.21. The Hall–Kier alpha value is -3.83. The van der Waals surface area contributed by atoms with Crippen LogP contribution >= 0.6 is 23.5 Å². The molecule has 5 rings (SSSR count). The van der Waals surface area contributed by atoms with Crippen molar-refractivity contribution in [3.63, 3.8) is 0 Å². The molecule has 5 N–H and O–H groups in total. The molecule has 2 aliphatic heterocycles. The fraction of sp³-hybridized carbons (Fsp3) is 0.619. The summed E-state index contributed by atoms with van der Waals surface area (Å²) in [6.07, 6.45) is 6.03. The van der Waals surface area contributed by atoms with E-state index in [0.717, 1.165) is 37.2 Å². The second-order valence-electron chi connectivity index (χ2n) is 17.1. The van der Waals surface area contributed by atoms with Crippen LogP contribution in [0.5, 0.6) is 0 Å².